The van der Waals surface area contributed by atoms with E-state index < -0.39 is 0 Å². The van der Waals surface area contributed by atoms with Crippen molar-refractivity contribution in [1.29, 1.82) is 0 Å². The van der Waals surface area contributed by atoms with E-state index in [1.807, 2.05) is 17.6 Å². The molecule has 1 saturated heterocycles. The van der Waals surface area contributed by atoms with E-state index >= 15 is 0 Å². The van der Waals surface area contributed by atoms with Crippen molar-refractivity contribution >= 4 is 50.6 Å². The molecule has 1 atom stereocenters. The Labute approximate surface area is 120 Å². The lowest BCUT2D eigenvalue weighted by Gasteiger charge is -2.22. The molecule has 1 fully saturated rings. The number of thioether (sulfide) groups is 1. The van der Waals surface area contributed by atoms with Crippen molar-refractivity contribution < 1.29 is 0 Å². The summed E-state index contributed by atoms with van der Waals surface area (Å²) in [7, 11) is 0. The number of hydrogen-bond acceptors (Lipinski definition) is 4. The maximum atomic E-state index is 6.27. The van der Waals surface area contributed by atoms with Crippen molar-refractivity contribution in [3.05, 3.63) is 22.7 Å². The molecule has 0 aliphatic carbocycles. The number of thiazole rings is 1. The molecule has 5 heteroatoms. The zero-order valence-electron chi connectivity index (χ0n) is 9.99. The van der Waals surface area contributed by atoms with Gasteiger partial charge in [0.1, 0.15) is 5.52 Å². The highest BCUT2D eigenvalue weighted by atomic mass is 35.5. The highest BCUT2D eigenvalue weighted by molar-refractivity contribution is 7.99. The van der Waals surface area contributed by atoms with Gasteiger partial charge in [0.2, 0.25) is 0 Å². The van der Waals surface area contributed by atoms with Crippen molar-refractivity contribution in [1.82, 2.24) is 4.98 Å². The van der Waals surface area contributed by atoms with Crippen molar-refractivity contribution in [2.24, 2.45) is 5.92 Å². The maximum Gasteiger partial charge on any atom is 0.106 e. The second-order valence-corrected chi connectivity index (χ2v) is 7.03. The van der Waals surface area contributed by atoms with Crippen molar-refractivity contribution in [3.63, 3.8) is 0 Å². The molecule has 18 heavy (non-hydrogen) atoms. The van der Waals surface area contributed by atoms with Crippen LogP contribution in [0, 0.1) is 5.92 Å². The molecule has 0 amide bonds. The SMILES string of the molecule is Clc1ccc2scnc2c1NCC1CCCSC1. The predicted molar refractivity (Wildman–Crippen MR) is 83.2 cm³/mol. The molecule has 1 unspecified atom stereocenters. The van der Waals surface area contributed by atoms with Gasteiger partial charge in [-0.3, -0.25) is 0 Å². The molecule has 0 spiro atoms. The van der Waals surface area contributed by atoms with Crippen LogP contribution in [-0.2, 0) is 0 Å². The number of nitrogens with zero attached hydrogens (tertiary/aromatic N) is 1. The van der Waals surface area contributed by atoms with E-state index in [0.717, 1.165) is 28.7 Å². The monoisotopic (exact) mass is 298 g/mol. The first-order chi connectivity index (χ1) is 8.84. The van der Waals surface area contributed by atoms with Crippen LogP contribution < -0.4 is 5.32 Å². The van der Waals surface area contributed by atoms with Crippen LogP contribution >= 0.6 is 34.7 Å². The van der Waals surface area contributed by atoms with Crippen LogP contribution in [0.25, 0.3) is 10.2 Å². The van der Waals surface area contributed by atoms with E-state index in [2.05, 4.69) is 22.1 Å². The Kier molecular flexibility index (Phi) is 3.97. The third-order valence-electron chi connectivity index (χ3n) is 3.27. The maximum absolute atomic E-state index is 6.27. The minimum Gasteiger partial charge on any atom is -0.382 e. The Morgan fingerprint density at radius 2 is 2.39 bits per heavy atom. The van der Waals surface area contributed by atoms with E-state index in [-0.39, 0.29) is 0 Å². The topological polar surface area (TPSA) is 24.9 Å². The highest BCUT2D eigenvalue weighted by Gasteiger charge is 2.15. The average molecular weight is 299 g/mol. The van der Waals surface area contributed by atoms with Gasteiger partial charge >= 0.3 is 0 Å². The largest absolute Gasteiger partial charge is 0.382 e. The first-order valence-electron chi connectivity index (χ1n) is 6.18. The van der Waals surface area contributed by atoms with Gasteiger partial charge in [0.05, 0.1) is 20.9 Å². The quantitative estimate of drug-likeness (QED) is 0.903. The van der Waals surface area contributed by atoms with E-state index in [0.29, 0.717) is 0 Å². The number of aromatic nitrogens is 1. The van der Waals surface area contributed by atoms with Gasteiger partial charge in [-0.05, 0) is 42.4 Å². The molecule has 1 aliphatic rings. The standard InChI is InChI=1S/C13H15ClN2S2/c14-10-3-4-11-13(16-8-18-11)12(10)15-6-9-2-1-5-17-7-9/h3-4,8-9,15H,1-2,5-7H2. The lowest BCUT2D eigenvalue weighted by Crippen LogP contribution is -2.20. The van der Waals surface area contributed by atoms with E-state index in [9.17, 15) is 0 Å². The van der Waals surface area contributed by atoms with E-state index in [1.165, 1.54) is 29.0 Å². The lowest BCUT2D eigenvalue weighted by molar-refractivity contribution is 0.549. The van der Waals surface area contributed by atoms with Crippen LogP contribution in [-0.4, -0.2) is 23.0 Å². The van der Waals surface area contributed by atoms with Crippen molar-refractivity contribution in [3.8, 4) is 0 Å². The summed E-state index contributed by atoms with van der Waals surface area (Å²) in [6.45, 7) is 1.00. The molecule has 2 nitrogen and oxygen atoms in total. The molecular weight excluding hydrogens is 284 g/mol. The van der Waals surface area contributed by atoms with Crippen molar-refractivity contribution in [2.75, 3.05) is 23.4 Å². The summed E-state index contributed by atoms with van der Waals surface area (Å²) >= 11 is 9.99. The minimum atomic E-state index is 0.758. The number of halogens is 1. The summed E-state index contributed by atoms with van der Waals surface area (Å²) in [6.07, 6.45) is 2.66. The molecule has 96 valence electrons. The van der Waals surface area contributed by atoms with Crippen LogP contribution in [0.15, 0.2) is 17.6 Å². The zero-order valence-corrected chi connectivity index (χ0v) is 12.4. The van der Waals surface area contributed by atoms with Crippen LogP contribution in [0.4, 0.5) is 5.69 Å². The summed E-state index contributed by atoms with van der Waals surface area (Å²) in [5.74, 6) is 3.34. The normalized spacial score (nSPS) is 20.2. The van der Waals surface area contributed by atoms with E-state index in [1.54, 1.807) is 11.3 Å². The molecule has 0 saturated carbocycles. The number of anilines is 1. The fourth-order valence-corrected chi connectivity index (χ4v) is 4.35. The van der Waals surface area contributed by atoms with Gasteiger partial charge in [0.15, 0.2) is 0 Å². The molecule has 2 aromatic rings. The van der Waals surface area contributed by atoms with Gasteiger partial charge in [0, 0.05) is 6.54 Å². The van der Waals surface area contributed by atoms with Crippen LogP contribution in [0.1, 0.15) is 12.8 Å². The smallest absolute Gasteiger partial charge is 0.106 e. The molecule has 0 radical (unpaired) electrons. The molecule has 1 N–H and O–H groups in total. The summed E-state index contributed by atoms with van der Waals surface area (Å²) in [5, 5.41) is 4.29. The predicted octanol–water partition coefficient (Wildman–Crippen LogP) is 4.50. The molecular formula is C13H15ClN2S2. The summed E-state index contributed by atoms with van der Waals surface area (Å²) in [5.41, 5.74) is 3.89. The number of nitrogens with one attached hydrogen (secondary N) is 1. The average Bonchev–Trinajstić information content (AvgIpc) is 2.87. The third kappa shape index (κ3) is 2.60. The fourth-order valence-electron chi connectivity index (χ4n) is 2.29. The molecule has 3 rings (SSSR count). The summed E-state index contributed by atoms with van der Waals surface area (Å²) in [4.78, 5) is 4.41. The molecule has 1 aromatic heterocycles. The number of hydrogen-bond donors (Lipinski definition) is 1. The zero-order chi connectivity index (χ0) is 12.4. The first-order valence-corrected chi connectivity index (χ1v) is 8.59. The lowest BCUT2D eigenvalue weighted by atomic mass is 10.1. The Hall–Kier alpha value is -0.450. The van der Waals surface area contributed by atoms with Gasteiger partial charge in [-0.15, -0.1) is 11.3 Å². The highest BCUT2D eigenvalue weighted by Crippen LogP contribution is 2.33. The Morgan fingerprint density at radius 3 is 3.22 bits per heavy atom. The second kappa shape index (κ2) is 5.68. The van der Waals surface area contributed by atoms with Gasteiger partial charge in [-0.2, -0.15) is 11.8 Å². The van der Waals surface area contributed by atoms with Gasteiger partial charge in [0.25, 0.3) is 0 Å². The number of benzene rings is 1. The Morgan fingerprint density at radius 1 is 1.44 bits per heavy atom. The molecule has 2 heterocycles. The molecule has 1 aromatic carbocycles. The summed E-state index contributed by atoms with van der Waals surface area (Å²) in [6, 6.07) is 4.00. The van der Waals surface area contributed by atoms with Crippen LogP contribution in [0.3, 0.4) is 0 Å². The van der Waals surface area contributed by atoms with Gasteiger partial charge in [-0.25, -0.2) is 4.98 Å². The van der Waals surface area contributed by atoms with E-state index in [4.69, 9.17) is 11.6 Å². The van der Waals surface area contributed by atoms with Gasteiger partial charge in [-0.1, -0.05) is 11.6 Å². The van der Waals surface area contributed by atoms with Crippen LogP contribution in [0.5, 0.6) is 0 Å². The first kappa shape index (κ1) is 12.6. The van der Waals surface area contributed by atoms with Crippen molar-refractivity contribution in [2.45, 2.75) is 12.8 Å². The Balaban J connectivity index is 1.76. The Bertz CT molecular complexity index is 535. The number of fused-ring (bicyclic) bond motifs is 1. The fraction of sp³-hybridized carbons (Fsp3) is 0.462. The molecule has 0 bridgehead atoms. The minimum absolute atomic E-state index is 0.758. The third-order valence-corrected chi connectivity index (χ3v) is 5.67. The van der Waals surface area contributed by atoms with Crippen LogP contribution in [0.2, 0.25) is 5.02 Å². The molecule has 1 aliphatic heterocycles. The second-order valence-electron chi connectivity index (χ2n) is 4.59. The summed E-state index contributed by atoms with van der Waals surface area (Å²) < 4.78 is 1.19. The number of rotatable bonds is 3. The van der Waals surface area contributed by atoms with Gasteiger partial charge < -0.3 is 5.32 Å².